The van der Waals surface area contributed by atoms with Gasteiger partial charge >= 0.3 is 0 Å². The highest BCUT2D eigenvalue weighted by Crippen LogP contribution is 2.33. The summed E-state index contributed by atoms with van der Waals surface area (Å²) in [7, 11) is 0. The molecule has 1 aromatic heterocycles. The smallest absolute Gasteiger partial charge is 0.253 e. The van der Waals surface area contributed by atoms with Crippen molar-refractivity contribution in [3.8, 4) is 0 Å². The summed E-state index contributed by atoms with van der Waals surface area (Å²) in [6.45, 7) is 5.19. The van der Waals surface area contributed by atoms with E-state index in [2.05, 4.69) is 11.6 Å². The van der Waals surface area contributed by atoms with Crippen LogP contribution in [0.3, 0.4) is 0 Å². The van der Waals surface area contributed by atoms with Gasteiger partial charge in [0.15, 0.2) is 0 Å². The molecule has 0 unspecified atom stereocenters. The van der Waals surface area contributed by atoms with Crippen molar-refractivity contribution in [3.05, 3.63) is 42.7 Å². The molecular weight excluding hydrogens is 240 g/mol. The number of carbonyl (C=O) groups is 1. The minimum Gasteiger partial charge on any atom is -0.396 e. The van der Waals surface area contributed by atoms with Crippen molar-refractivity contribution in [2.24, 2.45) is 5.41 Å². The molecule has 102 valence electrons. The zero-order valence-corrected chi connectivity index (χ0v) is 11.1. The summed E-state index contributed by atoms with van der Waals surface area (Å²) in [5.41, 5.74) is 0.435. The Hall–Kier alpha value is -1.68. The average Bonchev–Trinajstić information content (AvgIpc) is 2.48. The predicted molar refractivity (Wildman–Crippen MR) is 73.7 cm³/mol. The molecule has 1 fully saturated rings. The van der Waals surface area contributed by atoms with Gasteiger partial charge in [-0.15, -0.1) is 6.58 Å². The number of carbonyl (C=O) groups excluding carboxylic acids is 1. The number of allylic oxidation sites excluding steroid dienone is 1. The number of likely N-dealkylation sites (tertiary alicyclic amines) is 1. The number of hydrogen-bond donors (Lipinski definition) is 1. The molecule has 0 spiro atoms. The second-order valence-electron chi connectivity index (χ2n) is 5.22. The van der Waals surface area contributed by atoms with Crippen molar-refractivity contribution in [1.82, 2.24) is 9.88 Å². The molecule has 0 radical (unpaired) electrons. The molecule has 1 amide bonds. The highest BCUT2D eigenvalue weighted by Gasteiger charge is 2.35. The first-order valence-corrected chi connectivity index (χ1v) is 6.62. The van der Waals surface area contributed by atoms with Crippen LogP contribution in [-0.4, -0.2) is 40.6 Å². The highest BCUT2D eigenvalue weighted by molar-refractivity contribution is 5.94. The standard InChI is InChI=1S/C15H20N2O2/c1-2-6-15(12-18)7-3-10-17(11-15)14(19)13-4-8-16-9-5-13/h2,4-5,8-9,18H,1,3,6-7,10-12H2/t15-/m0/s1. The fourth-order valence-electron chi connectivity index (χ4n) is 2.72. The van der Waals surface area contributed by atoms with E-state index in [0.29, 0.717) is 12.1 Å². The number of rotatable bonds is 4. The maximum Gasteiger partial charge on any atom is 0.253 e. The third kappa shape index (κ3) is 3.01. The van der Waals surface area contributed by atoms with Crippen LogP contribution in [0.15, 0.2) is 37.2 Å². The number of hydrogen-bond acceptors (Lipinski definition) is 3. The van der Waals surface area contributed by atoms with Gasteiger partial charge in [-0.1, -0.05) is 6.08 Å². The van der Waals surface area contributed by atoms with E-state index >= 15 is 0 Å². The van der Waals surface area contributed by atoms with Gasteiger partial charge in [0.1, 0.15) is 0 Å². The van der Waals surface area contributed by atoms with E-state index in [1.165, 1.54) is 0 Å². The molecule has 1 aromatic rings. The fourth-order valence-corrected chi connectivity index (χ4v) is 2.72. The van der Waals surface area contributed by atoms with Crippen LogP contribution in [-0.2, 0) is 0 Å². The lowest BCUT2D eigenvalue weighted by Crippen LogP contribution is -2.47. The first-order valence-electron chi connectivity index (χ1n) is 6.62. The van der Waals surface area contributed by atoms with Gasteiger partial charge in [-0.2, -0.15) is 0 Å². The van der Waals surface area contributed by atoms with E-state index in [1.807, 2.05) is 11.0 Å². The number of aliphatic hydroxyl groups is 1. The van der Waals surface area contributed by atoms with Gasteiger partial charge < -0.3 is 10.0 Å². The summed E-state index contributed by atoms with van der Waals surface area (Å²) in [5.74, 6) is 0.0176. The molecule has 2 heterocycles. The normalized spacial score (nSPS) is 23.1. The molecule has 1 N–H and O–H groups in total. The topological polar surface area (TPSA) is 53.4 Å². The largest absolute Gasteiger partial charge is 0.396 e. The van der Waals surface area contributed by atoms with Crippen molar-refractivity contribution in [2.75, 3.05) is 19.7 Å². The molecule has 1 aliphatic rings. The Bertz CT molecular complexity index is 447. The number of amides is 1. The maximum atomic E-state index is 12.4. The van der Waals surface area contributed by atoms with Crippen molar-refractivity contribution < 1.29 is 9.90 Å². The Morgan fingerprint density at radius 1 is 1.53 bits per heavy atom. The minimum atomic E-state index is -0.220. The molecule has 2 rings (SSSR count). The molecule has 1 atom stereocenters. The van der Waals surface area contributed by atoms with E-state index in [1.54, 1.807) is 24.5 Å². The third-order valence-electron chi connectivity index (χ3n) is 3.79. The van der Waals surface area contributed by atoms with Gasteiger partial charge in [0.05, 0.1) is 6.61 Å². The Labute approximate surface area is 113 Å². The van der Waals surface area contributed by atoms with Crippen LogP contribution in [0, 0.1) is 5.41 Å². The molecule has 0 aliphatic carbocycles. The number of aromatic nitrogens is 1. The third-order valence-corrected chi connectivity index (χ3v) is 3.79. The number of nitrogens with zero attached hydrogens (tertiary/aromatic N) is 2. The van der Waals surface area contributed by atoms with E-state index < -0.39 is 0 Å². The van der Waals surface area contributed by atoms with Crippen LogP contribution in [0.25, 0.3) is 0 Å². The van der Waals surface area contributed by atoms with Crippen molar-refractivity contribution in [3.63, 3.8) is 0 Å². The van der Waals surface area contributed by atoms with E-state index in [-0.39, 0.29) is 17.9 Å². The molecule has 0 bridgehead atoms. The molecule has 1 aliphatic heterocycles. The second kappa shape index (κ2) is 5.97. The number of aliphatic hydroxyl groups excluding tert-OH is 1. The van der Waals surface area contributed by atoms with Crippen LogP contribution in [0.4, 0.5) is 0 Å². The summed E-state index contributed by atoms with van der Waals surface area (Å²) < 4.78 is 0. The van der Waals surface area contributed by atoms with Gasteiger partial charge in [-0.3, -0.25) is 9.78 Å². The fraction of sp³-hybridized carbons (Fsp3) is 0.467. The van der Waals surface area contributed by atoms with Crippen LogP contribution in [0.2, 0.25) is 0 Å². The predicted octanol–water partition coefficient (Wildman–Crippen LogP) is 1.87. The molecule has 4 heteroatoms. The summed E-state index contributed by atoms with van der Waals surface area (Å²) in [4.78, 5) is 18.2. The first kappa shape index (κ1) is 13.7. The Balaban J connectivity index is 2.13. The van der Waals surface area contributed by atoms with Crippen LogP contribution in [0.1, 0.15) is 29.6 Å². The Morgan fingerprint density at radius 2 is 2.26 bits per heavy atom. The average molecular weight is 260 g/mol. The lowest BCUT2D eigenvalue weighted by Gasteiger charge is -2.41. The van der Waals surface area contributed by atoms with Gasteiger partial charge in [-0.25, -0.2) is 0 Å². The molecule has 4 nitrogen and oxygen atoms in total. The zero-order chi connectivity index (χ0) is 13.7. The maximum absolute atomic E-state index is 12.4. The van der Waals surface area contributed by atoms with Gasteiger partial charge in [0.2, 0.25) is 0 Å². The van der Waals surface area contributed by atoms with E-state index in [0.717, 1.165) is 25.8 Å². The van der Waals surface area contributed by atoms with Crippen molar-refractivity contribution in [1.29, 1.82) is 0 Å². The van der Waals surface area contributed by atoms with Crippen LogP contribution in [0.5, 0.6) is 0 Å². The van der Waals surface area contributed by atoms with Gasteiger partial charge in [0, 0.05) is 36.5 Å². The van der Waals surface area contributed by atoms with Crippen molar-refractivity contribution in [2.45, 2.75) is 19.3 Å². The molecule has 0 aromatic carbocycles. The zero-order valence-electron chi connectivity index (χ0n) is 11.1. The minimum absolute atomic E-state index is 0.0176. The Kier molecular flexibility index (Phi) is 4.32. The summed E-state index contributed by atoms with van der Waals surface area (Å²) in [6, 6.07) is 3.45. The second-order valence-corrected chi connectivity index (χ2v) is 5.22. The lowest BCUT2D eigenvalue weighted by atomic mass is 9.77. The number of piperidine rings is 1. The SMILES string of the molecule is C=CC[C@]1(CO)CCCN(C(=O)c2ccncc2)C1. The summed E-state index contributed by atoms with van der Waals surface area (Å²) in [5, 5.41) is 9.65. The highest BCUT2D eigenvalue weighted by atomic mass is 16.3. The molecule has 19 heavy (non-hydrogen) atoms. The van der Waals surface area contributed by atoms with E-state index in [9.17, 15) is 9.90 Å². The van der Waals surface area contributed by atoms with Crippen LogP contribution < -0.4 is 0 Å². The van der Waals surface area contributed by atoms with Gasteiger partial charge in [0.25, 0.3) is 5.91 Å². The Morgan fingerprint density at radius 3 is 2.89 bits per heavy atom. The monoisotopic (exact) mass is 260 g/mol. The van der Waals surface area contributed by atoms with Crippen molar-refractivity contribution >= 4 is 5.91 Å². The number of pyridine rings is 1. The quantitative estimate of drug-likeness (QED) is 0.841. The molecule has 0 saturated carbocycles. The molecule has 1 saturated heterocycles. The molecular formula is C15H20N2O2. The van der Waals surface area contributed by atoms with Crippen LogP contribution >= 0.6 is 0 Å². The van der Waals surface area contributed by atoms with E-state index in [4.69, 9.17) is 0 Å². The first-order chi connectivity index (χ1) is 9.21. The summed E-state index contributed by atoms with van der Waals surface area (Å²) >= 11 is 0. The lowest BCUT2D eigenvalue weighted by molar-refractivity contribution is 0.0285. The van der Waals surface area contributed by atoms with Gasteiger partial charge in [-0.05, 0) is 31.4 Å². The summed E-state index contributed by atoms with van der Waals surface area (Å²) in [6.07, 6.45) is 7.68.